The van der Waals surface area contributed by atoms with Gasteiger partial charge in [-0.1, -0.05) is 13.8 Å². The van der Waals surface area contributed by atoms with E-state index in [0.29, 0.717) is 0 Å². The largest absolute Gasteiger partial charge is 0.501 e. The number of hydrogen-bond donors (Lipinski definition) is 0. The Hall–Kier alpha value is 0.184. The van der Waals surface area contributed by atoms with Crippen LogP contribution in [0.2, 0.25) is 0 Å². The summed E-state index contributed by atoms with van der Waals surface area (Å²) in [5, 5.41) is 0. The van der Waals surface area contributed by atoms with Crippen LogP contribution in [0.15, 0.2) is 5.57 Å². The van der Waals surface area contributed by atoms with Crippen molar-refractivity contribution in [3.8, 4) is 0 Å². The maximum atomic E-state index is 10.0. The summed E-state index contributed by atoms with van der Waals surface area (Å²) >= 11 is 0. The van der Waals surface area contributed by atoms with Crippen LogP contribution < -0.4 is 0 Å². The molecule has 3 heteroatoms. The van der Waals surface area contributed by atoms with Gasteiger partial charge in [0.2, 0.25) is 0 Å². The molecule has 0 aromatic rings. The molecular weight excluding hydrogens is 241 g/mol. The van der Waals surface area contributed by atoms with E-state index in [9.17, 15) is 9.59 Å². The van der Waals surface area contributed by atoms with E-state index in [1.807, 2.05) is 20.8 Å². The van der Waals surface area contributed by atoms with Crippen molar-refractivity contribution in [3.05, 3.63) is 11.6 Å². The van der Waals surface area contributed by atoms with E-state index in [4.69, 9.17) is 0 Å². The van der Waals surface area contributed by atoms with Gasteiger partial charge in [-0.15, -0.1) is 0 Å². The Labute approximate surface area is 106 Å². The summed E-state index contributed by atoms with van der Waals surface area (Å²) in [6.45, 7) is 8.78. The van der Waals surface area contributed by atoms with Crippen LogP contribution in [-0.2, 0) is 42.3 Å². The number of rotatable bonds is 2. The van der Waals surface area contributed by atoms with Gasteiger partial charge < -0.3 is 6.08 Å². The Morgan fingerprint density at radius 1 is 1.00 bits per heavy atom. The Bertz CT molecular complexity index is 167. The fourth-order valence-electron chi connectivity index (χ4n) is 0.351. The molecule has 0 aliphatic heterocycles. The molecule has 0 spiro atoms. The molecule has 0 N–H and O–H groups in total. The summed E-state index contributed by atoms with van der Waals surface area (Å²) in [6.07, 6.45) is 3.03. The zero-order chi connectivity index (χ0) is 10.1. The molecule has 0 unspecified atom stereocenters. The zero-order valence-electron chi connectivity index (χ0n) is 9.10. The average molecular weight is 258 g/mol. The summed E-state index contributed by atoms with van der Waals surface area (Å²) in [5.74, 6) is -0.125. The predicted molar refractivity (Wildman–Crippen MR) is 49.8 cm³/mol. The number of allylic oxidation sites excluding steroid dienone is 2. The molecule has 0 saturated heterocycles. The second-order valence-electron chi connectivity index (χ2n) is 2.83. The van der Waals surface area contributed by atoms with Crippen molar-refractivity contribution in [1.82, 2.24) is 0 Å². The molecular formula is C10H17O2Y-. The zero-order valence-corrected chi connectivity index (χ0v) is 11.9. The third kappa shape index (κ3) is 33.0. The first kappa shape index (κ1) is 18.9. The van der Waals surface area contributed by atoms with Crippen LogP contribution in [0.3, 0.4) is 0 Å². The quantitative estimate of drug-likeness (QED) is 0.562. The van der Waals surface area contributed by atoms with Gasteiger partial charge in [-0.05, 0) is 13.8 Å². The SMILES string of the molecule is CC(=O)CC(C)=O.C[C-]=C(C)C.[Y]. The van der Waals surface area contributed by atoms with Crippen LogP contribution in [0.25, 0.3) is 0 Å². The van der Waals surface area contributed by atoms with Crippen molar-refractivity contribution in [2.75, 3.05) is 0 Å². The molecule has 0 aliphatic carbocycles. The minimum Gasteiger partial charge on any atom is -0.501 e. The minimum atomic E-state index is -0.0625. The second kappa shape index (κ2) is 12.2. The van der Waals surface area contributed by atoms with E-state index in [1.165, 1.54) is 19.4 Å². The van der Waals surface area contributed by atoms with E-state index in [2.05, 4.69) is 6.08 Å². The van der Waals surface area contributed by atoms with E-state index in [1.54, 1.807) is 0 Å². The van der Waals surface area contributed by atoms with Crippen molar-refractivity contribution in [2.24, 2.45) is 0 Å². The molecule has 0 aromatic carbocycles. The Balaban J connectivity index is -0.000000150. The van der Waals surface area contributed by atoms with Gasteiger partial charge in [0.25, 0.3) is 0 Å². The third-order valence-corrected chi connectivity index (χ3v) is 0.998. The molecule has 0 saturated carbocycles. The average Bonchev–Trinajstić information content (AvgIpc) is 1.85. The Kier molecular flexibility index (Phi) is 17.7. The van der Waals surface area contributed by atoms with Gasteiger partial charge in [-0.25, -0.2) is 0 Å². The molecule has 0 aliphatic rings. The van der Waals surface area contributed by atoms with Crippen molar-refractivity contribution in [1.29, 1.82) is 0 Å². The smallest absolute Gasteiger partial charge is 0.137 e. The first-order valence-electron chi connectivity index (χ1n) is 3.87. The van der Waals surface area contributed by atoms with Gasteiger partial charge in [0.05, 0.1) is 6.42 Å². The van der Waals surface area contributed by atoms with Crippen LogP contribution in [0.1, 0.15) is 41.0 Å². The Morgan fingerprint density at radius 3 is 1.23 bits per heavy atom. The number of Topliss-reactive ketones (excluding diaryl/α,β-unsaturated/α-hetero) is 2. The van der Waals surface area contributed by atoms with E-state index >= 15 is 0 Å². The van der Waals surface area contributed by atoms with Gasteiger partial charge in [-0.3, -0.25) is 15.2 Å². The summed E-state index contributed by atoms with van der Waals surface area (Å²) in [4.78, 5) is 20.1. The first-order valence-corrected chi connectivity index (χ1v) is 3.87. The van der Waals surface area contributed by atoms with Crippen molar-refractivity contribution in [3.63, 3.8) is 0 Å². The number of hydrogen-bond acceptors (Lipinski definition) is 2. The van der Waals surface area contributed by atoms with Gasteiger partial charge >= 0.3 is 0 Å². The van der Waals surface area contributed by atoms with Crippen LogP contribution in [0.5, 0.6) is 0 Å². The fourth-order valence-corrected chi connectivity index (χ4v) is 0.351. The monoisotopic (exact) mass is 258 g/mol. The molecule has 0 amide bonds. The van der Waals surface area contributed by atoms with Crippen molar-refractivity contribution in [2.45, 2.75) is 41.0 Å². The minimum absolute atomic E-state index is 0. The van der Waals surface area contributed by atoms with Gasteiger partial charge in [0.1, 0.15) is 11.6 Å². The molecule has 0 aromatic heterocycles. The van der Waals surface area contributed by atoms with Gasteiger partial charge in [0, 0.05) is 32.7 Å². The van der Waals surface area contributed by atoms with Crippen molar-refractivity contribution >= 4 is 11.6 Å². The molecule has 2 nitrogen and oxygen atoms in total. The third-order valence-electron chi connectivity index (χ3n) is 0.998. The molecule has 0 bridgehead atoms. The summed E-state index contributed by atoms with van der Waals surface area (Å²) in [5.41, 5.74) is 1.25. The second-order valence-corrected chi connectivity index (χ2v) is 2.83. The number of ketones is 2. The van der Waals surface area contributed by atoms with Crippen LogP contribution in [0, 0.1) is 6.08 Å². The molecule has 0 atom stereocenters. The molecule has 73 valence electrons. The Morgan fingerprint density at radius 2 is 1.23 bits per heavy atom. The fraction of sp³-hybridized carbons (Fsp3) is 0.600. The molecule has 0 rings (SSSR count). The summed E-state index contributed by atoms with van der Waals surface area (Å²) < 4.78 is 0. The number of carbonyl (C=O) groups is 2. The van der Waals surface area contributed by atoms with Gasteiger partial charge in [-0.2, -0.15) is 6.92 Å². The predicted octanol–water partition coefficient (Wildman–Crippen LogP) is 2.33. The molecule has 1 radical (unpaired) electrons. The molecule has 0 heterocycles. The number of carbonyl (C=O) groups excluding carboxylic acids is 2. The standard InChI is InChI=1S/C5H8O2.C5H9.Y/c1-4(6)3-5(2)7;1-4-5(2)3;/h3H2,1-2H3;1-3H3;/q;-1;. The first-order chi connectivity index (χ1) is 5.40. The van der Waals surface area contributed by atoms with Crippen LogP contribution >= 0.6 is 0 Å². The maximum Gasteiger partial charge on any atom is 0.137 e. The van der Waals surface area contributed by atoms with Crippen LogP contribution in [0.4, 0.5) is 0 Å². The normalized spacial score (nSPS) is 7.15. The summed E-state index contributed by atoms with van der Waals surface area (Å²) in [7, 11) is 0. The topological polar surface area (TPSA) is 34.1 Å². The van der Waals surface area contributed by atoms with E-state index < -0.39 is 0 Å². The summed E-state index contributed by atoms with van der Waals surface area (Å²) in [6, 6.07) is 0. The van der Waals surface area contributed by atoms with E-state index in [-0.39, 0.29) is 50.7 Å². The maximum absolute atomic E-state index is 10.0. The molecule has 13 heavy (non-hydrogen) atoms. The van der Waals surface area contributed by atoms with Gasteiger partial charge in [0.15, 0.2) is 0 Å². The van der Waals surface area contributed by atoms with E-state index in [0.717, 1.165) is 0 Å². The van der Waals surface area contributed by atoms with Crippen LogP contribution in [-0.4, -0.2) is 11.6 Å². The molecule has 0 fully saturated rings. The van der Waals surface area contributed by atoms with Crippen molar-refractivity contribution < 1.29 is 42.3 Å².